The molecule has 32 heavy (non-hydrogen) atoms. The normalized spacial score (nSPS) is 14.4. The molecule has 1 saturated heterocycles. The topological polar surface area (TPSA) is 96.1 Å². The Labute approximate surface area is 207 Å². The lowest BCUT2D eigenvalue weighted by Crippen LogP contribution is -2.41. The number of nitrogens with zero attached hydrogens (tertiary/aromatic N) is 4. The summed E-state index contributed by atoms with van der Waals surface area (Å²) >= 11 is 0. The molecule has 0 saturated carbocycles. The second-order valence-corrected chi connectivity index (χ2v) is 7.63. The van der Waals surface area contributed by atoms with E-state index in [1.807, 2.05) is 48.3 Å². The number of aliphatic imine (C=N–C) groups is 1. The monoisotopic (exact) mass is 552 g/mol. The van der Waals surface area contributed by atoms with Gasteiger partial charge in [-0.15, -0.1) is 24.0 Å². The lowest BCUT2D eigenvalue weighted by Gasteiger charge is -2.32. The van der Waals surface area contributed by atoms with E-state index in [-0.39, 0.29) is 35.8 Å². The van der Waals surface area contributed by atoms with E-state index in [0.29, 0.717) is 19.7 Å². The van der Waals surface area contributed by atoms with Crippen molar-refractivity contribution in [3.63, 3.8) is 0 Å². The number of pyridine rings is 1. The molecule has 9 heteroatoms. The predicted molar refractivity (Wildman–Crippen MR) is 139 cm³/mol. The summed E-state index contributed by atoms with van der Waals surface area (Å²) in [7, 11) is 3.76. The molecular weight excluding hydrogens is 519 g/mol. The number of carbonyl (C=O) groups is 1. The molecule has 3 N–H and O–H groups in total. The number of piperidine rings is 1. The summed E-state index contributed by atoms with van der Waals surface area (Å²) in [6.07, 6.45) is 3.34. The van der Waals surface area contributed by atoms with Crippen LogP contribution in [-0.4, -0.2) is 62.1 Å². The molecule has 1 aliphatic heterocycles. The van der Waals surface area contributed by atoms with Gasteiger partial charge in [-0.3, -0.25) is 9.79 Å². The molecule has 8 nitrogen and oxygen atoms in total. The van der Waals surface area contributed by atoms with E-state index in [0.717, 1.165) is 49.0 Å². The third-order valence-electron chi connectivity index (χ3n) is 5.51. The number of carbonyl (C=O) groups excluding carboxylic acids is 1. The molecule has 2 aromatic rings. The number of anilines is 1. The Morgan fingerprint density at radius 1 is 1.25 bits per heavy atom. The highest BCUT2D eigenvalue weighted by molar-refractivity contribution is 14.0. The minimum absolute atomic E-state index is 0. The van der Waals surface area contributed by atoms with E-state index in [2.05, 4.69) is 26.3 Å². The lowest BCUT2D eigenvalue weighted by atomic mass is 9.96. The number of hydrogen-bond acceptors (Lipinski definition) is 5. The fourth-order valence-electron chi connectivity index (χ4n) is 3.71. The van der Waals surface area contributed by atoms with Crippen LogP contribution >= 0.6 is 24.0 Å². The van der Waals surface area contributed by atoms with Crippen LogP contribution in [-0.2, 0) is 11.3 Å². The van der Waals surface area contributed by atoms with Gasteiger partial charge in [-0.05, 0) is 31.0 Å². The molecular formula is C23H33IN6O2. The Morgan fingerprint density at radius 2 is 1.97 bits per heavy atom. The number of rotatable bonds is 8. The molecule has 0 atom stereocenters. The maximum Gasteiger partial charge on any atom is 0.220 e. The van der Waals surface area contributed by atoms with Crippen molar-refractivity contribution in [1.82, 2.24) is 15.2 Å². The Morgan fingerprint density at radius 3 is 2.62 bits per heavy atom. The number of primary amides is 1. The molecule has 0 aliphatic carbocycles. The van der Waals surface area contributed by atoms with E-state index in [1.54, 1.807) is 13.2 Å². The van der Waals surface area contributed by atoms with Crippen molar-refractivity contribution in [2.75, 3.05) is 45.2 Å². The summed E-state index contributed by atoms with van der Waals surface area (Å²) in [5, 5.41) is 3.42. The van der Waals surface area contributed by atoms with Crippen molar-refractivity contribution < 1.29 is 9.53 Å². The molecule has 3 rings (SSSR count). The van der Waals surface area contributed by atoms with Gasteiger partial charge in [0.25, 0.3) is 0 Å². The Balaban J connectivity index is 0.00000363. The highest BCUT2D eigenvalue weighted by Crippen LogP contribution is 2.24. The van der Waals surface area contributed by atoms with E-state index >= 15 is 0 Å². The molecule has 174 valence electrons. The van der Waals surface area contributed by atoms with Crippen molar-refractivity contribution in [2.24, 2.45) is 16.6 Å². The molecule has 0 radical (unpaired) electrons. The maximum absolute atomic E-state index is 11.4. The average molecular weight is 552 g/mol. The zero-order valence-electron chi connectivity index (χ0n) is 18.7. The summed E-state index contributed by atoms with van der Waals surface area (Å²) < 4.78 is 5.78. The number of benzene rings is 1. The Hall–Kier alpha value is -2.56. The largest absolute Gasteiger partial charge is 0.492 e. The van der Waals surface area contributed by atoms with Crippen molar-refractivity contribution >= 4 is 41.7 Å². The predicted octanol–water partition coefficient (Wildman–Crippen LogP) is 2.49. The minimum atomic E-state index is -0.203. The summed E-state index contributed by atoms with van der Waals surface area (Å²) in [4.78, 5) is 24.7. The van der Waals surface area contributed by atoms with Crippen LogP contribution in [0.1, 0.15) is 18.4 Å². The first kappa shape index (κ1) is 25.7. The first-order valence-electron chi connectivity index (χ1n) is 10.7. The van der Waals surface area contributed by atoms with Gasteiger partial charge in [-0.1, -0.05) is 24.3 Å². The fraction of sp³-hybridized carbons (Fsp3) is 0.435. The number of halogens is 1. The number of aromatic nitrogens is 1. The number of hydrogen-bond donors (Lipinski definition) is 2. The van der Waals surface area contributed by atoms with Crippen LogP contribution in [0, 0.1) is 5.92 Å². The molecule has 1 aliphatic rings. The van der Waals surface area contributed by atoms with Gasteiger partial charge in [0.2, 0.25) is 5.91 Å². The van der Waals surface area contributed by atoms with Gasteiger partial charge >= 0.3 is 0 Å². The molecule has 2 heterocycles. The summed E-state index contributed by atoms with van der Waals surface area (Å²) in [6, 6.07) is 13.8. The van der Waals surface area contributed by atoms with Crippen LogP contribution in [0.25, 0.3) is 0 Å². The number of likely N-dealkylation sites (N-methyl/N-ethyl adjacent to an activating group) is 1. The second-order valence-electron chi connectivity index (χ2n) is 7.63. The van der Waals surface area contributed by atoms with Crippen LogP contribution < -0.4 is 20.7 Å². The minimum Gasteiger partial charge on any atom is -0.492 e. The van der Waals surface area contributed by atoms with Crippen molar-refractivity contribution in [1.29, 1.82) is 0 Å². The number of nitrogens with two attached hydrogens (primary N) is 1. The molecule has 1 amide bonds. The van der Waals surface area contributed by atoms with Gasteiger partial charge in [-0.2, -0.15) is 0 Å². The average Bonchev–Trinajstić information content (AvgIpc) is 2.80. The number of nitrogens with one attached hydrogen (secondary N) is 1. The van der Waals surface area contributed by atoms with Gasteiger partial charge in [-0.25, -0.2) is 4.98 Å². The van der Waals surface area contributed by atoms with Crippen molar-refractivity contribution in [3.8, 4) is 5.75 Å². The number of para-hydroxylation sites is 1. The molecule has 1 aromatic heterocycles. The molecule has 1 aromatic carbocycles. The Kier molecular flexibility index (Phi) is 10.5. The zero-order valence-corrected chi connectivity index (χ0v) is 21.1. The quantitative estimate of drug-likeness (QED) is 0.297. The smallest absolute Gasteiger partial charge is 0.220 e. The molecule has 0 unspecified atom stereocenters. The first-order chi connectivity index (χ1) is 15.1. The van der Waals surface area contributed by atoms with Crippen LogP contribution in [0.2, 0.25) is 0 Å². The number of guanidine groups is 1. The van der Waals surface area contributed by atoms with Gasteiger partial charge in [0.15, 0.2) is 5.96 Å². The number of amides is 1. The third-order valence-corrected chi connectivity index (χ3v) is 5.51. The van der Waals surface area contributed by atoms with E-state index in [1.165, 1.54) is 0 Å². The van der Waals surface area contributed by atoms with Gasteiger partial charge in [0.1, 0.15) is 18.2 Å². The van der Waals surface area contributed by atoms with E-state index in [4.69, 9.17) is 10.5 Å². The van der Waals surface area contributed by atoms with Crippen molar-refractivity contribution in [2.45, 2.75) is 19.4 Å². The summed E-state index contributed by atoms with van der Waals surface area (Å²) in [5.41, 5.74) is 6.56. The zero-order chi connectivity index (χ0) is 22.1. The summed E-state index contributed by atoms with van der Waals surface area (Å²) in [5.74, 6) is 2.36. The fourth-order valence-corrected chi connectivity index (χ4v) is 3.71. The van der Waals surface area contributed by atoms with Crippen LogP contribution in [0.5, 0.6) is 5.75 Å². The van der Waals surface area contributed by atoms with Gasteiger partial charge < -0.3 is 25.6 Å². The first-order valence-corrected chi connectivity index (χ1v) is 10.7. The van der Waals surface area contributed by atoms with Crippen LogP contribution in [0.15, 0.2) is 53.7 Å². The molecule has 1 fully saturated rings. The van der Waals surface area contributed by atoms with E-state index in [9.17, 15) is 4.79 Å². The third kappa shape index (κ3) is 7.25. The van der Waals surface area contributed by atoms with E-state index < -0.39 is 0 Å². The SMILES string of the molecule is CN=C(NCc1cccnc1N1CCC(C(N)=O)CC1)N(C)CCOc1ccccc1.I. The molecule has 0 bridgehead atoms. The maximum atomic E-state index is 11.4. The second kappa shape index (κ2) is 13.1. The highest BCUT2D eigenvalue weighted by atomic mass is 127. The molecule has 0 spiro atoms. The van der Waals surface area contributed by atoms with Gasteiger partial charge in [0.05, 0.1) is 6.54 Å². The van der Waals surface area contributed by atoms with Gasteiger partial charge in [0, 0.05) is 51.4 Å². The van der Waals surface area contributed by atoms with Crippen molar-refractivity contribution in [3.05, 3.63) is 54.2 Å². The highest BCUT2D eigenvalue weighted by Gasteiger charge is 2.25. The van der Waals surface area contributed by atoms with Crippen LogP contribution in [0.3, 0.4) is 0 Å². The number of ether oxygens (including phenoxy) is 1. The lowest BCUT2D eigenvalue weighted by molar-refractivity contribution is -0.122. The summed E-state index contributed by atoms with van der Waals surface area (Å²) in [6.45, 7) is 3.44. The Bertz CT molecular complexity index is 872. The van der Waals surface area contributed by atoms with Crippen LogP contribution in [0.4, 0.5) is 5.82 Å². The standard InChI is InChI=1S/C23H32N6O2.HI/c1-25-23(28(2)15-16-31-20-8-4-3-5-9-20)27-17-19-7-6-12-26-22(19)29-13-10-18(11-14-29)21(24)30;/h3-9,12,18H,10-11,13-17H2,1-2H3,(H2,24,30)(H,25,27);1H.